The second-order valence-electron chi connectivity index (χ2n) is 4.06. The van der Waals surface area contributed by atoms with E-state index in [1.54, 1.807) is 14.0 Å². The highest BCUT2D eigenvalue weighted by Crippen LogP contribution is 2.25. The van der Waals surface area contributed by atoms with Gasteiger partial charge in [0.25, 0.3) is 0 Å². The summed E-state index contributed by atoms with van der Waals surface area (Å²) in [5, 5.41) is 0. The van der Waals surface area contributed by atoms with Crippen LogP contribution in [0.4, 0.5) is 0 Å². The first kappa shape index (κ1) is 12.0. The van der Waals surface area contributed by atoms with Gasteiger partial charge in [0.2, 0.25) is 0 Å². The van der Waals surface area contributed by atoms with E-state index in [2.05, 4.69) is 4.74 Å². The molecule has 15 heavy (non-hydrogen) atoms. The van der Waals surface area contributed by atoms with Crippen LogP contribution in [0.5, 0.6) is 0 Å². The van der Waals surface area contributed by atoms with E-state index >= 15 is 0 Å². The first-order valence-electron chi connectivity index (χ1n) is 5.57. The molecule has 0 spiro atoms. The maximum atomic E-state index is 11.5. The molecule has 1 saturated carbocycles. The minimum atomic E-state index is -0.738. The lowest BCUT2D eigenvalue weighted by Gasteiger charge is -2.19. The predicted molar refractivity (Wildman–Crippen MR) is 56.2 cm³/mol. The lowest BCUT2D eigenvalue weighted by atomic mass is 10.1. The normalized spacial score (nSPS) is 16.4. The summed E-state index contributed by atoms with van der Waals surface area (Å²) in [5.74, 6) is -0.699. The quantitative estimate of drug-likeness (QED) is 0.522. The number of rotatable bonds is 3. The molecule has 1 rings (SSSR count). The molecule has 4 nitrogen and oxygen atoms in total. The van der Waals surface area contributed by atoms with E-state index in [4.69, 9.17) is 0 Å². The molecule has 0 aromatic rings. The van der Waals surface area contributed by atoms with E-state index in [0.29, 0.717) is 12.5 Å². The maximum absolute atomic E-state index is 11.5. The van der Waals surface area contributed by atoms with Gasteiger partial charge in [0.1, 0.15) is 0 Å². The Morgan fingerprint density at radius 3 is 2.47 bits per heavy atom. The Bertz CT molecular complexity index is 234. The molecule has 0 radical (unpaired) electrons. The third-order valence-corrected chi connectivity index (χ3v) is 2.80. The SMILES string of the molecule is CCOC(=O)C(=O)N(C)CC1CCCC1. The Hall–Kier alpha value is -1.06. The molecular weight excluding hydrogens is 194 g/mol. The molecule has 0 heterocycles. The van der Waals surface area contributed by atoms with Crippen molar-refractivity contribution < 1.29 is 14.3 Å². The topological polar surface area (TPSA) is 46.6 Å². The zero-order valence-corrected chi connectivity index (χ0v) is 9.49. The smallest absolute Gasteiger partial charge is 0.396 e. The zero-order chi connectivity index (χ0) is 11.3. The van der Waals surface area contributed by atoms with E-state index in [1.165, 1.54) is 30.6 Å². The number of carbonyl (C=O) groups excluding carboxylic acids is 2. The summed E-state index contributed by atoms with van der Waals surface area (Å²) in [6.07, 6.45) is 4.82. The third kappa shape index (κ3) is 3.53. The van der Waals surface area contributed by atoms with Gasteiger partial charge in [-0.2, -0.15) is 0 Å². The predicted octanol–water partition coefficient (Wildman–Crippen LogP) is 1.20. The summed E-state index contributed by atoms with van der Waals surface area (Å²) in [7, 11) is 1.66. The molecule has 0 atom stereocenters. The molecule has 4 heteroatoms. The largest absolute Gasteiger partial charge is 0.459 e. The highest BCUT2D eigenvalue weighted by molar-refractivity contribution is 6.32. The fourth-order valence-electron chi connectivity index (χ4n) is 2.01. The third-order valence-electron chi connectivity index (χ3n) is 2.80. The molecule has 1 fully saturated rings. The number of hydrogen-bond acceptors (Lipinski definition) is 3. The van der Waals surface area contributed by atoms with Crippen LogP contribution in [0.15, 0.2) is 0 Å². The van der Waals surface area contributed by atoms with Crippen LogP contribution in [0, 0.1) is 5.92 Å². The van der Waals surface area contributed by atoms with Crippen LogP contribution in [0.2, 0.25) is 0 Å². The average molecular weight is 213 g/mol. The first-order valence-corrected chi connectivity index (χ1v) is 5.57. The second-order valence-corrected chi connectivity index (χ2v) is 4.06. The van der Waals surface area contributed by atoms with Crippen molar-refractivity contribution >= 4 is 11.9 Å². The van der Waals surface area contributed by atoms with E-state index < -0.39 is 11.9 Å². The van der Waals surface area contributed by atoms with Crippen molar-refractivity contribution in [2.45, 2.75) is 32.6 Å². The molecule has 0 aromatic heterocycles. The van der Waals surface area contributed by atoms with Crippen LogP contribution in [0.1, 0.15) is 32.6 Å². The Balaban J connectivity index is 2.34. The first-order chi connectivity index (χ1) is 7.15. The minimum absolute atomic E-state index is 0.252. The summed E-state index contributed by atoms with van der Waals surface area (Å²) >= 11 is 0. The number of carbonyl (C=O) groups is 2. The Labute approximate surface area is 90.6 Å². The fraction of sp³-hybridized carbons (Fsp3) is 0.818. The molecule has 86 valence electrons. The summed E-state index contributed by atoms with van der Waals surface area (Å²) < 4.78 is 4.66. The van der Waals surface area contributed by atoms with Crippen molar-refractivity contribution in [3.05, 3.63) is 0 Å². The van der Waals surface area contributed by atoms with E-state index in [1.807, 2.05) is 0 Å². The van der Waals surface area contributed by atoms with Crippen molar-refractivity contribution in [2.24, 2.45) is 5.92 Å². The molecule has 0 saturated heterocycles. The van der Waals surface area contributed by atoms with Crippen molar-refractivity contribution in [3.63, 3.8) is 0 Å². The standard InChI is InChI=1S/C11H19NO3/c1-3-15-11(14)10(13)12(2)8-9-6-4-5-7-9/h9H,3-8H2,1-2H3. The molecule has 0 bridgehead atoms. The number of ether oxygens (including phenoxy) is 1. The molecule has 1 aliphatic rings. The molecular formula is C11H19NO3. The van der Waals surface area contributed by atoms with Crippen molar-refractivity contribution in [2.75, 3.05) is 20.2 Å². The van der Waals surface area contributed by atoms with Gasteiger partial charge in [-0.1, -0.05) is 12.8 Å². The van der Waals surface area contributed by atoms with Crippen LogP contribution in [-0.4, -0.2) is 37.0 Å². The van der Waals surface area contributed by atoms with Gasteiger partial charge >= 0.3 is 11.9 Å². The van der Waals surface area contributed by atoms with Gasteiger partial charge in [-0.3, -0.25) is 4.79 Å². The molecule has 0 aromatic carbocycles. The van der Waals surface area contributed by atoms with Gasteiger partial charge in [-0.05, 0) is 25.7 Å². The lowest BCUT2D eigenvalue weighted by Crippen LogP contribution is -2.37. The number of esters is 1. The van der Waals surface area contributed by atoms with Crippen LogP contribution in [0.3, 0.4) is 0 Å². The van der Waals surface area contributed by atoms with Gasteiger partial charge in [0.15, 0.2) is 0 Å². The van der Waals surface area contributed by atoms with E-state index in [-0.39, 0.29) is 6.61 Å². The van der Waals surface area contributed by atoms with Crippen molar-refractivity contribution in [3.8, 4) is 0 Å². The summed E-state index contributed by atoms with van der Waals surface area (Å²) in [6, 6.07) is 0. The molecule has 1 amide bonds. The van der Waals surface area contributed by atoms with Gasteiger partial charge in [-0.15, -0.1) is 0 Å². The summed E-state index contributed by atoms with van der Waals surface area (Å²) in [5.41, 5.74) is 0. The van der Waals surface area contributed by atoms with Gasteiger partial charge in [0.05, 0.1) is 6.61 Å². The molecule has 0 N–H and O–H groups in total. The summed E-state index contributed by atoms with van der Waals surface area (Å²) in [6.45, 7) is 2.63. The zero-order valence-electron chi connectivity index (χ0n) is 9.49. The molecule has 0 aliphatic heterocycles. The molecule has 0 unspecified atom stereocenters. The van der Waals surface area contributed by atoms with Crippen LogP contribution in [-0.2, 0) is 14.3 Å². The van der Waals surface area contributed by atoms with Crippen molar-refractivity contribution in [1.29, 1.82) is 0 Å². The van der Waals surface area contributed by atoms with Crippen LogP contribution in [0.25, 0.3) is 0 Å². The van der Waals surface area contributed by atoms with Gasteiger partial charge in [0, 0.05) is 13.6 Å². The van der Waals surface area contributed by atoms with E-state index in [0.717, 1.165) is 0 Å². The highest BCUT2D eigenvalue weighted by atomic mass is 16.5. The maximum Gasteiger partial charge on any atom is 0.396 e. The average Bonchev–Trinajstić information content (AvgIpc) is 2.69. The fourth-order valence-corrected chi connectivity index (χ4v) is 2.01. The molecule has 1 aliphatic carbocycles. The summed E-state index contributed by atoms with van der Waals surface area (Å²) in [4.78, 5) is 24.1. The number of likely N-dealkylation sites (N-methyl/N-ethyl adjacent to an activating group) is 1. The van der Waals surface area contributed by atoms with E-state index in [9.17, 15) is 9.59 Å². The monoisotopic (exact) mass is 213 g/mol. The minimum Gasteiger partial charge on any atom is -0.459 e. The van der Waals surface area contributed by atoms with Gasteiger partial charge in [-0.25, -0.2) is 4.79 Å². The number of amides is 1. The highest BCUT2D eigenvalue weighted by Gasteiger charge is 2.24. The Morgan fingerprint density at radius 1 is 1.33 bits per heavy atom. The number of hydrogen-bond donors (Lipinski definition) is 0. The van der Waals surface area contributed by atoms with Crippen LogP contribution < -0.4 is 0 Å². The Morgan fingerprint density at radius 2 is 1.93 bits per heavy atom. The number of nitrogens with zero attached hydrogens (tertiary/aromatic N) is 1. The van der Waals surface area contributed by atoms with Gasteiger partial charge < -0.3 is 9.64 Å². The van der Waals surface area contributed by atoms with Crippen molar-refractivity contribution in [1.82, 2.24) is 4.90 Å². The van der Waals surface area contributed by atoms with Crippen LogP contribution >= 0.6 is 0 Å². The Kier molecular flexibility index (Phi) is 4.59. The lowest BCUT2D eigenvalue weighted by molar-refractivity contribution is -0.159. The second kappa shape index (κ2) is 5.73.